The van der Waals surface area contributed by atoms with Gasteiger partial charge >= 0.3 is 0 Å². The molecule has 1 aliphatic rings. The third-order valence-corrected chi connectivity index (χ3v) is 3.92. The lowest BCUT2D eigenvalue weighted by Gasteiger charge is -2.33. The van der Waals surface area contributed by atoms with E-state index >= 15 is 0 Å². The summed E-state index contributed by atoms with van der Waals surface area (Å²) >= 11 is 0. The Kier molecular flexibility index (Phi) is 3.77. The van der Waals surface area contributed by atoms with Crippen LogP contribution in [-0.4, -0.2) is 17.0 Å². The van der Waals surface area contributed by atoms with Gasteiger partial charge in [0.2, 0.25) is 5.91 Å². The second-order valence-electron chi connectivity index (χ2n) is 5.09. The topological polar surface area (TPSA) is 55.1 Å². The van der Waals surface area contributed by atoms with Gasteiger partial charge in [-0.3, -0.25) is 4.79 Å². The maximum absolute atomic E-state index is 12.1. The average molecular weight is 212 g/mol. The number of carbonyl (C=O) groups is 1. The van der Waals surface area contributed by atoms with E-state index in [1.165, 1.54) is 0 Å². The van der Waals surface area contributed by atoms with E-state index < -0.39 is 5.54 Å². The average Bonchev–Trinajstić information content (AvgIpc) is 2.66. The summed E-state index contributed by atoms with van der Waals surface area (Å²) in [5, 5.41) is 3.11. The largest absolute Gasteiger partial charge is 0.349 e. The Morgan fingerprint density at radius 3 is 2.20 bits per heavy atom. The van der Waals surface area contributed by atoms with Crippen molar-refractivity contribution in [2.24, 2.45) is 5.73 Å². The Balaban J connectivity index is 2.61. The first-order valence-corrected chi connectivity index (χ1v) is 6.07. The number of nitrogens with two attached hydrogens (primary N) is 1. The summed E-state index contributed by atoms with van der Waals surface area (Å²) < 4.78 is 0. The van der Waals surface area contributed by atoms with Gasteiger partial charge in [0.25, 0.3) is 0 Å². The maximum atomic E-state index is 12.1. The molecule has 0 aromatic rings. The fourth-order valence-corrected chi connectivity index (χ4v) is 2.06. The molecule has 0 bridgehead atoms. The fraction of sp³-hybridized carbons (Fsp3) is 0.917. The van der Waals surface area contributed by atoms with Crippen molar-refractivity contribution in [1.29, 1.82) is 0 Å². The van der Waals surface area contributed by atoms with Crippen molar-refractivity contribution < 1.29 is 4.79 Å². The molecule has 0 aliphatic heterocycles. The first kappa shape index (κ1) is 12.5. The van der Waals surface area contributed by atoms with Crippen LogP contribution >= 0.6 is 0 Å². The van der Waals surface area contributed by atoms with Gasteiger partial charge in [-0.1, -0.05) is 26.7 Å². The van der Waals surface area contributed by atoms with Gasteiger partial charge in [-0.15, -0.1) is 0 Å². The van der Waals surface area contributed by atoms with E-state index in [0.29, 0.717) is 0 Å². The standard InChI is InChI=1S/C12H24N2O/c1-4-11(3,5-2)14-10(15)12(13)8-6-7-9-12/h4-9,13H2,1-3H3,(H,14,15). The molecule has 1 rings (SSSR count). The van der Waals surface area contributed by atoms with Crippen LogP contribution in [0.3, 0.4) is 0 Å². The zero-order valence-corrected chi connectivity index (χ0v) is 10.2. The second kappa shape index (κ2) is 4.52. The Morgan fingerprint density at radius 1 is 1.33 bits per heavy atom. The molecule has 0 unspecified atom stereocenters. The Bertz CT molecular complexity index is 228. The van der Waals surface area contributed by atoms with E-state index in [1.54, 1.807) is 0 Å². The Hall–Kier alpha value is -0.570. The Morgan fingerprint density at radius 2 is 1.80 bits per heavy atom. The summed E-state index contributed by atoms with van der Waals surface area (Å²) in [5.41, 5.74) is 5.42. The van der Waals surface area contributed by atoms with Gasteiger partial charge in [-0.05, 0) is 32.6 Å². The van der Waals surface area contributed by atoms with E-state index in [-0.39, 0.29) is 11.4 Å². The molecule has 0 aromatic carbocycles. The van der Waals surface area contributed by atoms with Crippen LogP contribution in [0, 0.1) is 0 Å². The molecule has 88 valence electrons. The van der Waals surface area contributed by atoms with Gasteiger partial charge in [0.05, 0.1) is 5.54 Å². The van der Waals surface area contributed by atoms with Crippen LogP contribution < -0.4 is 11.1 Å². The highest BCUT2D eigenvalue weighted by Crippen LogP contribution is 2.28. The lowest BCUT2D eigenvalue weighted by atomic mass is 9.91. The predicted molar refractivity (Wildman–Crippen MR) is 62.5 cm³/mol. The lowest BCUT2D eigenvalue weighted by molar-refractivity contribution is -0.128. The molecule has 3 heteroatoms. The van der Waals surface area contributed by atoms with Gasteiger partial charge in [0.1, 0.15) is 0 Å². The fourth-order valence-electron chi connectivity index (χ4n) is 2.06. The molecule has 3 nitrogen and oxygen atoms in total. The van der Waals surface area contributed by atoms with Crippen molar-refractivity contribution in [2.75, 3.05) is 0 Å². The molecule has 0 radical (unpaired) electrons. The van der Waals surface area contributed by atoms with Crippen molar-refractivity contribution >= 4 is 5.91 Å². The van der Waals surface area contributed by atoms with E-state index in [1.807, 2.05) is 0 Å². The molecule has 1 amide bonds. The van der Waals surface area contributed by atoms with Crippen molar-refractivity contribution in [2.45, 2.75) is 70.4 Å². The normalized spacial score (nSPS) is 20.3. The third-order valence-electron chi connectivity index (χ3n) is 3.92. The van der Waals surface area contributed by atoms with E-state index in [2.05, 4.69) is 26.1 Å². The van der Waals surface area contributed by atoms with Crippen LogP contribution in [0.4, 0.5) is 0 Å². The van der Waals surface area contributed by atoms with Gasteiger partial charge in [-0.2, -0.15) is 0 Å². The first-order chi connectivity index (χ1) is 6.96. The molecule has 1 aliphatic carbocycles. The third kappa shape index (κ3) is 2.71. The lowest BCUT2D eigenvalue weighted by Crippen LogP contribution is -2.58. The second-order valence-corrected chi connectivity index (χ2v) is 5.09. The van der Waals surface area contributed by atoms with Crippen LogP contribution in [0.2, 0.25) is 0 Å². The van der Waals surface area contributed by atoms with Gasteiger partial charge in [-0.25, -0.2) is 0 Å². The Labute approximate surface area is 92.8 Å². The van der Waals surface area contributed by atoms with E-state index in [9.17, 15) is 4.79 Å². The SMILES string of the molecule is CCC(C)(CC)NC(=O)C1(N)CCCC1. The molecule has 0 spiro atoms. The highest BCUT2D eigenvalue weighted by atomic mass is 16.2. The monoisotopic (exact) mass is 212 g/mol. The van der Waals surface area contributed by atoms with Crippen molar-refractivity contribution in [3.8, 4) is 0 Å². The van der Waals surface area contributed by atoms with Gasteiger partial charge in [0, 0.05) is 5.54 Å². The highest BCUT2D eigenvalue weighted by Gasteiger charge is 2.39. The molecule has 15 heavy (non-hydrogen) atoms. The van der Waals surface area contributed by atoms with E-state index in [4.69, 9.17) is 5.73 Å². The maximum Gasteiger partial charge on any atom is 0.240 e. The molecule has 0 aromatic heterocycles. The number of hydrogen-bond acceptors (Lipinski definition) is 2. The zero-order valence-electron chi connectivity index (χ0n) is 10.2. The smallest absolute Gasteiger partial charge is 0.240 e. The molecule has 0 heterocycles. The van der Waals surface area contributed by atoms with Gasteiger partial charge < -0.3 is 11.1 Å². The summed E-state index contributed by atoms with van der Waals surface area (Å²) in [5.74, 6) is 0.0474. The molecule has 1 fully saturated rings. The minimum Gasteiger partial charge on any atom is -0.349 e. The molecular weight excluding hydrogens is 188 g/mol. The van der Waals surface area contributed by atoms with Crippen LogP contribution in [0.5, 0.6) is 0 Å². The quantitative estimate of drug-likeness (QED) is 0.748. The number of hydrogen-bond donors (Lipinski definition) is 2. The van der Waals surface area contributed by atoms with Crippen LogP contribution in [-0.2, 0) is 4.79 Å². The molecule has 0 saturated heterocycles. The van der Waals surface area contributed by atoms with Crippen LogP contribution in [0.1, 0.15) is 59.3 Å². The van der Waals surface area contributed by atoms with Gasteiger partial charge in [0.15, 0.2) is 0 Å². The molecule has 1 saturated carbocycles. The minimum atomic E-state index is -0.592. The summed E-state index contributed by atoms with van der Waals surface area (Å²) in [6.45, 7) is 6.28. The number of carbonyl (C=O) groups excluding carboxylic acids is 1. The van der Waals surface area contributed by atoms with E-state index in [0.717, 1.165) is 38.5 Å². The zero-order chi connectivity index (χ0) is 11.5. The summed E-state index contributed by atoms with van der Waals surface area (Å²) in [6, 6.07) is 0. The summed E-state index contributed by atoms with van der Waals surface area (Å²) in [6.07, 6.45) is 5.74. The van der Waals surface area contributed by atoms with Crippen LogP contribution in [0.15, 0.2) is 0 Å². The summed E-state index contributed by atoms with van der Waals surface area (Å²) in [7, 11) is 0. The summed E-state index contributed by atoms with van der Waals surface area (Å²) in [4.78, 5) is 12.1. The van der Waals surface area contributed by atoms with Crippen LogP contribution in [0.25, 0.3) is 0 Å². The molecular formula is C12H24N2O. The van der Waals surface area contributed by atoms with Crippen molar-refractivity contribution in [1.82, 2.24) is 5.32 Å². The first-order valence-electron chi connectivity index (χ1n) is 6.07. The van der Waals surface area contributed by atoms with Crippen molar-refractivity contribution in [3.05, 3.63) is 0 Å². The van der Waals surface area contributed by atoms with Crippen molar-refractivity contribution in [3.63, 3.8) is 0 Å². The number of rotatable bonds is 4. The number of amides is 1. The predicted octanol–water partition coefficient (Wildman–Crippen LogP) is 1.95. The molecule has 3 N–H and O–H groups in total. The minimum absolute atomic E-state index is 0.0474. The number of nitrogens with one attached hydrogen (secondary N) is 1. The highest BCUT2D eigenvalue weighted by molar-refractivity contribution is 5.86. The molecule has 0 atom stereocenters.